The van der Waals surface area contributed by atoms with E-state index in [4.69, 9.17) is 4.74 Å². The molecule has 0 saturated heterocycles. The zero-order valence-corrected chi connectivity index (χ0v) is 12.3. The number of benzene rings is 2. The molecule has 0 saturated carbocycles. The number of anilines is 1. The predicted molar refractivity (Wildman–Crippen MR) is 82.2 cm³/mol. The molecule has 0 spiro atoms. The summed E-state index contributed by atoms with van der Waals surface area (Å²) in [5.74, 6) is 0.142. The van der Waals surface area contributed by atoms with Crippen LogP contribution in [0.4, 0.5) is 10.1 Å². The minimum absolute atomic E-state index is 0.0224. The van der Waals surface area contributed by atoms with Crippen molar-refractivity contribution in [3.63, 3.8) is 0 Å². The van der Waals surface area contributed by atoms with Crippen LogP contribution >= 0.6 is 0 Å². The van der Waals surface area contributed by atoms with Crippen LogP contribution in [0.5, 0.6) is 5.75 Å². The number of nitriles is 1. The number of aliphatic hydroxyl groups excluding tert-OH is 1. The Labute approximate surface area is 129 Å². The first-order chi connectivity index (χ1) is 10.7. The summed E-state index contributed by atoms with van der Waals surface area (Å²) >= 11 is 0. The van der Waals surface area contributed by atoms with E-state index in [-0.39, 0.29) is 18.7 Å². The second kappa shape index (κ2) is 7.43. The summed E-state index contributed by atoms with van der Waals surface area (Å²) in [5.41, 5.74) is 1.33. The van der Waals surface area contributed by atoms with Crippen molar-refractivity contribution in [2.24, 2.45) is 0 Å². The minimum atomic E-state index is -0.567. The van der Waals surface area contributed by atoms with Crippen molar-refractivity contribution in [1.29, 1.82) is 5.26 Å². The molecule has 0 fully saturated rings. The standard InChI is InChI=1S/C17H17FN2O2/c1-22-17-8-3-2-5-13(17)12-20(9-10-21)16-7-4-6-15(18)14(16)11-19/h2-8,21H,9-10,12H2,1H3. The fourth-order valence-electron chi connectivity index (χ4n) is 2.33. The summed E-state index contributed by atoms with van der Waals surface area (Å²) in [6.45, 7) is 0.593. The molecule has 1 N–H and O–H groups in total. The molecule has 22 heavy (non-hydrogen) atoms. The van der Waals surface area contributed by atoms with E-state index >= 15 is 0 Å². The summed E-state index contributed by atoms with van der Waals surface area (Å²) in [6, 6.07) is 13.8. The number of hydrogen-bond acceptors (Lipinski definition) is 4. The highest BCUT2D eigenvalue weighted by Gasteiger charge is 2.16. The molecule has 0 aliphatic carbocycles. The van der Waals surface area contributed by atoms with Crippen molar-refractivity contribution in [2.75, 3.05) is 25.2 Å². The van der Waals surface area contributed by atoms with Gasteiger partial charge < -0.3 is 14.7 Å². The van der Waals surface area contributed by atoms with Gasteiger partial charge in [0.1, 0.15) is 23.2 Å². The lowest BCUT2D eigenvalue weighted by Gasteiger charge is -2.26. The molecule has 0 amide bonds. The fraction of sp³-hybridized carbons (Fsp3) is 0.235. The van der Waals surface area contributed by atoms with Crippen LogP contribution in [-0.2, 0) is 6.54 Å². The van der Waals surface area contributed by atoms with Crippen LogP contribution in [0.2, 0.25) is 0 Å². The first-order valence-corrected chi connectivity index (χ1v) is 6.87. The molecule has 0 aromatic heterocycles. The van der Waals surface area contributed by atoms with Crippen LogP contribution in [0, 0.1) is 17.1 Å². The third-order valence-electron chi connectivity index (χ3n) is 3.37. The van der Waals surface area contributed by atoms with Crippen LogP contribution in [-0.4, -0.2) is 25.4 Å². The van der Waals surface area contributed by atoms with Crippen molar-refractivity contribution in [2.45, 2.75) is 6.54 Å². The topological polar surface area (TPSA) is 56.5 Å². The van der Waals surface area contributed by atoms with Gasteiger partial charge in [-0.1, -0.05) is 24.3 Å². The van der Waals surface area contributed by atoms with E-state index < -0.39 is 5.82 Å². The maximum atomic E-state index is 13.8. The van der Waals surface area contributed by atoms with Gasteiger partial charge in [0.2, 0.25) is 0 Å². The van der Waals surface area contributed by atoms with Crippen molar-refractivity contribution in [3.05, 3.63) is 59.4 Å². The number of aliphatic hydroxyl groups is 1. The molecule has 114 valence electrons. The lowest BCUT2D eigenvalue weighted by Crippen LogP contribution is -2.27. The molecule has 0 heterocycles. The zero-order chi connectivity index (χ0) is 15.9. The van der Waals surface area contributed by atoms with Gasteiger partial charge in [-0.15, -0.1) is 0 Å². The normalized spacial score (nSPS) is 10.1. The van der Waals surface area contributed by atoms with Gasteiger partial charge in [-0.2, -0.15) is 5.26 Å². The summed E-state index contributed by atoms with van der Waals surface area (Å²) in [4.78, 5) is 1.76. The Balaban J connectivity index is 2.39. The molecule has 0 aliphatic rings. The molecule has 4 nitrogen and oxygen atoms in total. The predicted octanol–water partition coefficient (Wildman–Crippen LogP) is 2.70. The summed E-state index contributed by atoms with van der Waals surface area (Å²) in [7, 11) is 1.58. The van der Waals surface area contributed by atoms with Gasteiger partial charge in [-0.05, 0) is 18.2 Å². The van der Waals surface area contributed by atoms with Crippen LogP contribution < -0.4 is 9.64 Å². The smallest absolute Gasteiger partial charge is 0.143 e. The molecule has 0 unspecified atom stereocenters. The summed E-state index contributed by atoms with van der Waals surface area (Å²) in [5, 5.41) is 18.5. The van der Waals surface area contributed by atoms with Crippen LogP contribution in [0.1, 0.15) is 11.1 Å². The Morgan fingerprint density at radius 2 is 2.00 bits per heavy atom. The highest BCUT2D eigenvalue weighted by molar-refractivity contribution is 5.60. The van der Waals surface area contributed by atoms with E-state index in [1.165, 1.54) is 6.07 Å². The van der Waals surface area contributed by atoms with Crippen molar-refractivity contribution in [3.8, 4) is 11.8 Å². The highest BCUT2D eigenvalue weighted by Crippen LogP contribution is 2.26. The SMILES string of the molecule is COc1ccccc1CN(CCO)c1cccc(F)c1C#N. The van der Waals surface area contributed by atoms with Gasteiger partial charge >= 0.3 is 0 Å². The molecule has 2 aromatic carbocycles. The average Bonchev–Trinajstić information content (AvgIpc) is 2.54. The Morgan fingerprint density at radius 3 is 2.68 bits per heavy atom. The Kier molecular flexibility index (Phi) is 5.34. The largest absolute Gasteiger partial charge is 0.496 e. The number of para-hydroxylation sites is 1. The van der Waals surface area contributed by atoms with E-state index in [1.807, 2.05) is 30.3 Å². The summed E-state index contributed by atoms with van der Waals surface area (Å²) in [6.07, 6.45) is 0. The van der Waals surface area contributed by atoms with Crippen LogP contribution in [0.25, 0.3) is 0 Å². The van der Waals surface area contributed by atoms with Crippen LogP contribution in [0.15, 0.2) is 42.5 Å². The van der Waals surface area contributed by atoms with Crippen molar-refractivity contribution >= 4 is 5.69 Å². The van der Waals surface area contributed by atoms with E-state index in [0.717, 1.165) is 5.56 Å². The molecule has 2 rings (SSSR count). The number of ether oxygens (including phenoxy) is 1. The lowest BCUT2D eigenvalue weighted by molar-refractivity contribution is 0.301. The molecule has 0 atom stereocenters. The molecule has 0 bridgehead atoms. The van der Waals surface area contributed by atoms with Gasteiger partial charge in [0.05, 0.1) is 19.4 Å². The van der Waals surface area contributed by atoms with Gasteiger partial charge in [0.15, 0.2) is 0 Å². The first-order valence-electron chi connectivity index (χ1n) is 6.87. The van der Waals surface area contributed by atoms with Crippen molar-refractivity contribution in [1.82, 2.24) is 0 Å². The van der Waals surface area contributed by atoms with E-state index in [2.05, 4.69) is 0 Å². The van der Waals surface area contributed by atoms with Gasteiger partial charge in [0, 0.05) is 18.7 Å². The second-order valence-electron chi connectivity index (χ2n) is 4.70. The number of hydrogen-bond donors (Lipinski definition) is 1. The van der Waals surface area contributed by atoms with E-state index in [1.54, 1.807) is 24.1 Å². The Morgan fingerprint density at radius 1 is 1.23 bits per heavy atom. The average molecular weight is 300 g/mol. The number of halogens is 1. The van der Waals surface area contributed by atoms with Crippen molar-refractivity contribution < 1.29 is 14.2 Å². The number of methoxy groups -OCH3 is 1. The van der Waals surface area contributed by atoms with E-state index in [0.29, 0.717) is 18.0 Å². The monoisotopic (exact) mass is 300 g/mol. The van der Waals surface area contributed by atoms with Gasteiger partial charge in [0.25, 0.3) is 0 Å². The molecular weight excluding hydrogens is 283 g/mol. The quantitative estimate of drug-likeness (QED) is 0.891. The second-order valence-corrected chi connectivity index (χ2v) is 4.70. The third kappa shape index (κ3) is 3.35. The maximum absolute atomic E-state index is 13.8. The number of nitrogens with zero attached hydrogens (tertiary/aromatic N) is 2. The Bertz CT molecular complexity index is 683. The minimum Gasteiger partial charge on any atom is -0.496 e. The summed E-state index contributed by atoms with van der Waals surface area (Å²) < 4.78 is 19.1. The van der Waals surface area contributed by atoms with Crippen LogP contribution in [0.3, 0.4) is 0 Å². The molecular formula is C17H17FN2O2. The molecule has 2 aromatic rings. The van der Waals surface area contributed by atoms with Gasteiger partial charge in [-0.25, -0.2) is 4.39 Å². The molecule has 5 heteroatoms. The molecule has 0 radical (unpaired) electrons. The van der Waals surface area contributed by atoms with Gasteiger partial charge in [-0.3, -0.25) is 0 Å². The third-order valence-corrected chi connectivity index (χ3v) is 3.37. The highest BCUT2D eigenvalue weighted by atomic mass is 19.1. The van der Waals surface area contributed by atoms with E-state index in [9.17, 15) is 14.8 Å². The number of rotatable bonds is 6. The fourth-order valence-corrected chi connectivity index (χ4v) is 2.33. The lowest BCUT2D eigenvalue weighted by atomic mass is 10.1. The molecule has 0 aliphatic heterocycles. The Hall–Kier alpha value is -2.58. The zero-order valence-electron chi connectivity index (χ0n) is 12.3. The first kappa shape index (κ1) is 15.8. The maximum Gasteiger partial charge on any atom is 0.143 e.